The number of nitrogens with one attached hydrogen (secondary N) is 1. The molecule has 0 bridgehead atoms. The molecule has 5 heteroatoms. The minimum absolute atomic E-state index is 0.414. The Balaban J connectivity index is 2.03. The number of hydrogen-bond acceptors (Lipinski definition) is 5. The summed E-state index contributed by atoms with van der Waals surface area (Å²) in [6, 6.07) is 0.414. The predicted molar refractivity (Wildman–Crippen MR) is 55.0 cm³/mol. The van der Waals surface area contributed by atoms with E-state index in [1.54, 1.807) is 24.2 Å². The van der Waals surface area contributed by atoms with Gasteiger partial charge in [0, 0.05) is 5.75 Å². The van der Waals surface area contributed by atoms with Crippen molar-refractivity contribution in [3.05, 3.63) is 18.7 Å². The van der Waals surface area contributed by atoms with Crippen LogP contribution >= 0.6 is 11.8 Å². The highest BCUT2D eigenvalue weighted by atomic mass is 32.2. The summed E-state index contributed by atoms with van der Waals surface area (Å²) in [4.78, 5) is 12.2. The van der Waals surface area contributed by atoms with E-state index < -0.39 is 0 Å². The van der Waals surface area contributed by atoms with Crippen molar-refractivity contribution >= 4 is 22.6 Å². The Labute approximate surface area is 80.9 Å². The lowest BCUT2D eigenvalue weighted by Crippen LogP contribution is -2.05. The van der Waals surface area contributed by atoms with Crippen LogP contribution in [-0.4, -0.2) is 26.9 Å². The zero-order valence-electron chi connectivity index (χ0n) is 7.27. The molecule has 0 aromatic carbocycles. The van der Waals surface area contributed by atoms with Crippen LogP contribution in [0.25, 0.3) is 0 Å². The largest absolute Gasteiger partial charge is 0.332 e. The lowest BCUT2D eigenvalue weighted by molar-refractivity contribution is 0.865. The van der Waals surface area contributed by atoms with Crippen LogP contribution in [0.3, 0.4) is 0 Å². The first-order chi connectivity index (χ1) is 6.34. The lowest BCUT2D eigenvalue weighted by atomic mass is 10.4. The molecule has 0 saturated heterocycles. The van der Waals surface area contributed by atoms with Crippen molar-refractivity contribution in [3.8, 4) is 0 Å². The number of aromatic nitrogens is 2. The van der Waals surface area contributed by atoms with Crippen LogP contribution in [0.4, 0.5) is 5.69 Å². The second kappa shape index (κ2) is 3.74. The fourth-order valence-electron chi connectivity index (χ4n) is 1.03. The highest BCUT2D eigenvalue weighted by molar-refractivity contribution is 8.14. The molecule has 1 unspecified atom stereocenters. The maximum absolute atomic E-state index is 4.40. The Bertz CT molecular complexity index is 311. The van der Waals surface area contributed by atoms with Gasteiger partial charge in [-0.25, -0.2) is 9.97 Å². The van der Waals surface area contributed by atoms with E-state index in [1.165, 1.54) is 6.33 Å². The fourth-order valence-corrected chi connectivity index (χ4v) is 1.95. The van der Waals surface area contributed by atoms with Gasteiger partial charge in [-0.05, 0) is 6.92 Å². The number of nitrogens with zero attached hydrogens (tertiary/aromatic N) is 3. The Morgan fingerprint density at radius 1 is 1.46 bits per heavy atom. The molecule has 2 heterocycles. The number of thioether (sulfide) groups is 1. The number of aliphatic imine (C=N–C) groups is 1. The standard InChI is InChI=1S/C8H10N4S/c1-6-4-13-8(11-6)12-7-2-9-5-10-3-7/h2-3,5-6H,4H2,1H3,(H,11,12). The molecule has 0 spiro atoms. The minimum atomic E-state index is 0.414. The molecule has 0 amide bonds. The van der Waals surface area contributed by atoms with Crippen molar-refractivity contribution in [1.82, 2.24) is 9.97 Å². The summed E-state index contributed by atoms with van der Waals surface area (Å²) in [6.07, 6.45) is 4.98. The molecule has 4 nitrogen and oxygen atoms in total. The average molecular weight is 194 g/mol. The summed E-state index contributed by atoms with van der Waals surface area (Å²) in [6.45, 7) is 2.10. The van der Waals surface area contributed by atoms with Crippen LogP contribution in [0.5, 0.6) is 0 Å². The normalized spacial score (nSPS) is 21.3. The molecule has 1 N–H and O–H groups in total. The van der Waals surface area contributed by atoms with Gasteiger partial charge in [0.25, 0.3) is 0 Å². The smallest absolute Gasteiger partial charge is 0.161 e. The predicted octanol–water partition coefficient (Wildman–Crippen LogP) is 1.38. The number of rotatable bonds is 1. The topological polar surface area (TPSA) is 50.2 Å². The maximum Gasteiger partial charge on any atom is 0.161 e. The Morgan fingerprint density at radius 2 is 2.23 bits per heavy atom. The van der Waals surface area contributed by atoms with Gasteiger partial charge in [0.05, 0.1) is 24.1 Å². The van der Waals surface area contributed by atoms with E-state index in [9.17, 15) is 0 Å². The minimum Gasteiger partial charge on any atom is -0.332 e. The van der Waals surface area contributed by atoms with E-state index >= 15 is 0 Å². The summed E-state index contributed by atoms with van der Waals surface area (Å²) in [7, 11) is 0. The monoisotopic (exact) mass is 194 g/mol. The number of amidine groups is 1. The van der Waals surface area contributed by atoms with Gasteiger partial charge in [0.15, 0.2) is 5.17 Å². The Morgan fingerprint density at radius 3 is 2.85 bits per heavy atom. The maximum atomic E-state index is 4.40. The van der Waals surface area contributed by atoms with Gasteiger partial charge < -0.3 is 5.32 Å². The van der Waals surface area contributed by atoms with Gasteiger partial charge in [0.2, 0.25) is 0 Å². The fraction of sp³-hybridized carbons (Fsp3) is 0.375. The SMILES string of the molecule is CC1CSC(Nc2cncnc2)=N1. The van der Waals surface area contributed by atoms with Gasteiger partial charge >= 0.3 is 0 Å². The molecular formula is C8H10N4S. The Hall–Kier alpha value is -1.10. The third kappa shape index (κ3) is 2.18. The zero-order chi connectivity index (χ0) is 9.10. The van der Waals surface area contributed by atoms with Crippen molar-refractivity contribution in [2.75, 3.05) is 11.1 Å². The van der Waals surface area contributed by atoms with Crippen LogP contribution in [0, 0.1) is 0 Å². The van der Waals surface area contributed by atoms with Crippen molar-refractivity contribution in [3.63, 3.8) is 0 Å². The van der Waals surface area contributed by atoms with E-state index in [0.717, 1.165) is 16.6 Å². The van der Waals surface area contributed by atoms with Crippen molar-refractivity contribution < 1.29 is 0 Å². The summed E-state index contributed by atoms with van der Waals surface area (Å²) < 4.78 is 0. The summed E-state index contributed by atoms with van der Waals surface area (Å²) in [5.41, 5.74) is 0.892. The molecular weight excluding hydrogens is 184 g/mol. The highest BCUT2D eigenvalue weighted by Crippen LogP contribution is 2.18. The number of anilines is 1. The Kier molecular flexibility index (Phi) is 2.44. The average Bonchev–Trinajstić information content (AvgIpc) is 2.53. The van der Waals surface area contributed by atoms with E-state index in [1.807, 2.05) is 0 Å². The zero-order valence-corrected chi connectivity index (χ0v) is 8.08. The molecule has 0 radical (unpaired) electrons. The number of hydrogen-bond donors (Lipinski definition) is 1. The quantitative estimate of drug-likeness (QED) is 0.733. The lowest BCUT2D eigenvalue weighted by Gasteiger charge is -2.01. The van der Waals surface area contributed by atoms with E-state index in [0.29, 0.717) is 6.04 Å². The van der Waals surface area contributed by atoms with E-state index in [2.05, 4.69) is 27.2 Å². The van der Waals surface area contributed by atoms with Crippen molar-refractivity contribution in [2.24, 2.45) is 4.99 Å². The molecule has 1 aliphatic heterocycles. The molecule has 1 aromatic rings. The molecule has 1 aliphatic rings. The summed E-state index contributed by atoms with van der Waals surface area (Å²) in [5, 5.41) is 4.12. The molecule has 1 atom stereocenters. The van der Waals surface area contributed by atoms with E-state index in [-0.39, 0.29) is 0 Å². The van der Waals surface area contributed by atoms with Crippen molar-refractivity contribution in [2.45, 2.75) is 13.0 Å². The first-order valence-corrected chi connectivity index (χ1v) is 5.06. The summed E-state index contributed by atoms with van der Waals surface area (Å²) >= 11 is 1.73. The second-order valence-corrected chi connectivity index (χ2v) is 3.86. The molecule has 2 rings (SSSR count). The molecule has 68 valence electrons. The van der Waals surface area contributed by atoms with Gasteiger partial charge in [0.1, 0.15) is 6.33 Å². The third-order valence-corrected chi connectivity index (χ3v) is 2.74. The first kappa shape index (κ1) is 8.50. The van der Waals surface area contributed by atoms with Gasteiger partial charge in [-0.3, -0.25) is 4.99 Å². The molecule has 1 aromatic heterocycles. The highest BCUT2D eigenvalue weighted by Gasteiger charge is 2.13. The van der Waals surface area contributed by atoms with Crippen LogP contribution in [-0.2, 0) is 0 Å². The first-order valence-electron chi connectivity index (χ1n) is 4.07. The van der Waals surface area contributed by atoms with Crippen LogP contribution in [0.2, 0.25) is 0 Å². The van der Waals surface area contributed by atoms with Gasteiger partial charge in [-0.15, -0.1) is 0 Å². The van der Waals surface area contributed by atoms with Crippen LogP contribution in [0.15, 0.2) is 23.7 Å². The summed E-state index contributed by atoms with van der Waals surface area (Å²) in [5.74, 6) is 1.05. The van der Waals surface area contributed by atoms with Crippen molar-refractivity contribution in [1.29, 1.82) is 0 Å². The van der Waals surface area contributed by atoms with E-state index in [4.69, 9.17) is 0 Å². The molecule has 0 aliphatic carbocycles. The molecule has 13 heavy (non-hydrogen) atoms. The van der Waals surface area contributed by atoms with Crippen LogP contribution < -0.4 is 5.32 Å². The van der Waals surface area contributed by atoms with Gasteiger partial charge in [-0.2, -0.15) is 0 Å². The molecule has 0 fully saturated rings. The molecule has 0 saturated carbocycles. The van der Waals surface area contributed by atoms with Crippen LogP contribution in [0.1, 0.15) is 6.92 Å². The third-order valence-electron chi connectivity index (χ3n) is 1.61. The van der Waals surface area contributed by atoms with Gasteiger partial charge in [-0.1, -0.05) is 11.8 Å². The second-order valence-electron chi connectivity index (χ2n) is 2.85.